The molecule has 0 bridgehead atoms. The number of nitrogens with zero attached hydrogens (tertiary/aromatic N) is 1. The molecule has 29 heavy (non-hydrogen) atoms. The van der Waals surface area contributed by atoms with E-state index in [1.165, 1.54) is 0 Å². The second kappa shape index (κ2) is 8.53. The molecule has 0 radical (unpaired) electrons. The van der Waals surface area contributed by atoms with Crippen molar-refractivity contribution in [3.8, 4) is 33.2 Å². The number of rotatable bonds is 7. The molecule has 1 saturated heterocycles. The average Bonchev–Trinajstić information content (AvgIpc) is 3.42. The molecule has 0 spiro atoms. The number of nitrogens with two attached hydrogens (primary N) is 1. The fourth-order valence-electron chi connectivity index (χ4n) is 3.80. The monoisotopic (exact) mass is 410 g/mol. The van der Waals surface area contributed by atoms with Gasteiger partial charge in [-0.05, 0) is 79.9 Å². The zero-order valence-electron chi connectivity index (χ0n) is 16.8. The van der Waals surface area contributed by atoms with E-state index in [4.69, 9.17) is 24.9 Å². The van der Waals surface area contributed by atoms with Gasteiger partial charge in [0.05, 0.1) is 24.8 Å². The molecule has 0 saturated carbocycles. The first kappa shape index (κ1) is 19.9. The largest absolute Gasteiger partial charge is 0.497 e. The number of hydrogen-bond donors (Lipinski definition) is 1. The van der Waals surface area contributed by atoms with Gasteiger partial charge in [0.1, 0.15) is 22.1 Å². The van der Waals surface area contributed by atoms with Gasteiger partial charge in [0, 0.05) is 12.2 Å². The third kappa shape index (κ3) is 3.88. The third-order valence-corrected chi connectivity index (χ3v) is 6.67. The Labute approximate surface area is 175 Å². The van der Waals surface area contributed by atoms with Gasteiger partial charge in [-0.25, -0.2) is 4.98 Å². The second-order valence-electron chi connectivity index (χ2n) is 7.14. The molecule has 0 aliphatic carbocycles. The Kier molecular flexibility index (Phi) is 5.85. The van der Waals surface area contributed by atoms with Crippen LogP contribution < -0.4 is 15.2 Å². The van der Waals surface area contributed by atoms with Crippen LogP contribution >= 0.6 is 11.3 Å². The van der Waals surface area contributed by atoms with Crippen LogP contribution in [0.25, 0.3) is 21.7 Å². The van der Waals surface area contributed by atoms with Crippen molar-refractivity contribution in [3.63, 3.8) is 0 Å². The van der Waals surface area contributed by atoms with Crippen molar-refractivity contribution in [2.24, 2.45) is 5.73 Å². The maximum atomic E-state index is 6.21. The van der Waals surface area contributed by atoms with Crippen molar-refractivity contribution in [1.82, 2.24) is 4.98 Å². The van der Waals surface area contributed by atoms with E-state index in [2.05, 4.69) is 24.3 Å². The number of ether oxygens (including phenoxy) is 3. The summed E-state index contributed by atoms with van der Waals surface area (Å²) in [7, 11) is 3.35. The third-order valence-electron chi connectivity index (χ3n) is 5.38. The van der Waals surface area contributed by atoms with E-state index in [1.807, 2.05) is 24.3 Å². The molecule has 1 aliphatic rings. The van der Waals surface area contributed by atoms with E-state index in [0.29, 0.717) is 6.54 Å². The number of methoxy groups -OCH3 is 2. The van der Waals surface area contributed by atoms with E-state index in [-0.39, 0.29) is 5.60 Å². The first-order chi connectivity index (χ1) is 14.2. The van der Waals surface area contributed by atoms with Crippen LogP contribution in [0.5, 0.6) is 11.5 Å². The summed E-state index contributed by atoms with van der Waals surface area (Å²) in [5, 5.41) is 1.01. The highest BCUT2D eigenvalue weighted by atomic mass is 32.1. The topological polar surface area (TPSA) is 66.6 Å². The molecule has 152 valence electrons. The van der Waals surface area contributed by atoms with Gasteiger partial charge in [0.2, 0.25) is 0 Å². The van der Waals surface area contributed by atoms with E-state index >= 15 is 0 Å². The summed E-state index contributed by atoms with van der Waals surface area (Å²) < 4.78 is 16.8. The van der Waals surface area contributed by atoms with Gasteiger partial charge >= 0.3 is 0 Å². The Balaban J connectivity index is 1.83. The molecule has 2 N–H and O–H groups in total. The number of thiazole rings is 1. The molecular formula is C23H26N2O3S. The molecule has 1 aliphatic heterocycles. The predicted octanol–water partition coefficient (Wildman–Crippen LogP) is 4.85. The standard InChI is InChI=1S/C23H26N2O3S/c1-26-18-8-4-16(5-9-18)20-21(17-6-10-19(27-2)11-7-17)29-22(25-20)23(13-14-24)12-3-15-28-23/h4-11H,3,12-15,24H2,1-2H3. The molecular weight excluding hydrogens is 384 g/mol. The minimum absolute atomic E-state index is 0.370. The van der Waals surface area contributed by atoms with Crippen molar-refractivity contribution < 1.29 is 14.2 Å². The first-order valence-corrected chi connectivity index (χ1v) is 10.6. The van der Waals surface area contributed by atoms with E-state index in [1.54, 1.807) is 25.6 Å². The van der Waals surface area contributed by atoms with Crippen LogP contribution in [0.4, 0.5) is 0 Å². The normalized spacial score (nSPS) is 18.7. The minimum atomic E-state index is -0.370. The van der Waals surface area contributed by atoms with Gasteiger partial charge < -0.3 is 19.9 Å². The van der Waals surface area contributed by atoms with Crippen molar-refractivity contribution in [2.45, 2.75) is 24.9 Å². The SMILES string of the molecule is COc1ccc(-c2nc(C3(CCN)CCCO3)sc2-c2ccc(OC)cc2)cc1. The molecule has 2 aromatic carbocycles. The summed E-state index contributed by atoms with van der Waals surface area (Å²) in [5.74, 6) is 1.66. The summed E-state index contributed by atoms with van der Waals surface area (Å²) >= 11 is 1.70. The highest BCUT2D eigenvalue weighted by Gasteiger charge is 2.40. The lowest BCUT2D eigenvalue weighted by molar-refractivity contribution is -0.00517. The molecule has 4 rings (SSSR count). The Morgan fingerprint density at radius 1 is 1.00 bits per heavy atom. The number of hydrogen-bond acceptors (Lipinski definition) is 6. The minimum Gasteiger partial charge on any atom is -0.497 e. The number of aromatic nitrogens is 1. The van der Waals surface area contributed by atoms with E-state index < -0.39 is 0 Å². The average molecular weight is 411 g/mol. The molecule has 5 nitrogen and oxygen atoms in total. The van der Waals surface area contributed by atoms with Gasteiger partial charge in [-0.1, -0.05) is 0 Å². The lowest BCUT2D eigenvalue weighted by Crippen LogP contribution is -2.28. The first-order valence-electron chi connectivity index (χ1n) is 9.83. The quantitative estimate of drug-likeness (QED) is 0.603. The molecule has 1 unspecified atom stereocenters. The van der Waals surface area contributed by atoms with Gasteiger partial charge in [-0.15, -0.1) is 11.3 Å². The molecule has 2 heterocycles. The summed E-state index contributed by atoms with van der Waals surface area (Å²) in [6.07, 6.45) is 2.78. The van der Waals surface area contributed by atoms with Gasteiger partial charge in [-0.2, -0.15) is 0 Å². The fourth-order valence-corrected chi connectivity index (χ4v) is 5.09. The Bertz CT molecular complexity index is 880. The van der Waals surface area contributed by atoms with E-state index in [0.717, 1.165) is 64.1 Å². The van der Waals surface area contributed by atoms with Gasteiger partial charge in [0.15, 0.2) is 0 Å². The summed E-state index contributed by atoms with van der Waals surface area (Å²) in [5.41, 5.74) is 8.69. The van der Waals surface area contributed by atoms with Crippen LogP contribution in [0.1, 0.15) is 24.3 Å². The lowest BCUT2D eigenvalue weighted by atomic mass is 9.96. The Morgan fingerprint density at radius 2 is 1.62 bits per heavy atom. The van der Waals surface area contributed by atoms with Crippen LogP contribution in [0.15, 0.2) is 48.5 Å². The molecule has 0 amide bonds. The van der Waals surface area contributed by atoms with Gasteiger partial charge in [0.25, 0.3) is 0 Å². The molecule has 6 heteroatoms. The summed E-state index contributed by atoms with van der Waals surface area (Å²) in [6.45, 7) is 1.34. The fraction of sp³-hybridized carbons (Fsp3) is 0.348. The Morgan fingerprint density at radius 3 is 2.14 bits per heavy atom. The van der Waals surface area contributed by atoms with Gasteiger partial charge in [-0.3, -0.25) is 0 Å². The van der Waals surface area contributed by atoms with Crippen molar-refractivity contribution in [2.75, 3.05) is 27.4 Å². The van der Waals surface area contributed by atoms with Crippen molar-refractivity contribution in [3.05, 3.63) is 53.5 Å². The van der Waals surface area contributed by atoms with Crippen LogP contribution in [0.3, 0.4) is 0 Å². The molecule has 3 aromatic rings. The lowest BCUT2D eigenvalue weighted by Gasteiger charge is -2.25. The maximum absolute atomic E-state index is 6.21. The molecule has 1 atom stereocenters. The zero-order chi connectivity index (χ0) is 20.3. The van der Waals surface area contributed by atoms with Crippen LogP contribution in [0, 0.1) is 0 Å². The zero-order valence-corrected chi connectivity index (χ0v) is 17.6. The van der Waals surface area contributed by atoms with Crippen LogP contribution in [-0.4, -0.2) is 32.4 Å². The molecule has 1 aromatic heterocycles. The summed E-state index contributed by atoms with van der Waals surface area (Å²) in [6, 6.07) is 16.2. The van der Waals surface area contributed by atoms with Crippen molar-refractivity contribution in [1.29, 1.82) is 0 Å². The number of benzene rings is 2. The smallest absolute Gasteiger partial charge is 0.126 e. The predicted molar refractivity (Wildman–Crippen MR) is 117 cm³/mol. The highest BCUT2D eigenvalue weighted by Crippen LogP contribution is 2.46. The van der Waals surface area contributed by atoms with E-state index in [9.17, 15) is 0 Å². The Hall–Kier alpha value is -2.41. The highest BCUT2D eigenvalue weighted by molar-refractivity contribution is 7.15. The van der Waals surface area contributed by atoms with Crippen LogP contribution in [-0.2, 0) is 10.3 Å². The maximum Gasteiger partial charge on any atom is 0.126 e. The second-order valence-corrected chi connectivity index (χ2v) is 8.14. The molecule has 1 fully saturated rings. The summed E-state index contributed by atoms with van der Waals surface area (Å²) in [4.78, 5) is 6.22. The van der Waals surface area contributed by atoms with Crippen molar-refractivity contribution >= 4 is 11.3 Å². The van der Waals surface area contributed by atoms with Crippen LogP contribution in [0.2, 0.25) is 0 Å².